The quantitative estimate of drug-likeness (QED) is 0.660. The van der Waals surface area contributed by atoms with E-state index in [9.17, 15) is 5.11 Å². The molecule has 0 saturated carbocycles. The summed E-state index contributed by atoms with van der Waals surface area (Å²) in [6.45, 7) is 2.74. The summed E-state index contributed by atoms with van der Waals surface area (Å²) in [5.74, 6) is 0.843. The fourth-order valence-electron chi connectivity index (χ4n) is 1.67. The van der Waals surface area contributed by atoms with Crippen LogP contribution in [-0.4, -0.2) is 11.7 Å². The van der Waals surface area contributed by atoms with Gasteiger partial charge in [0.1, 0.15) is 5.75 Å². The molecule has 1 aromatic rings. The van der Waals surface area contributed by atoms with Crippen LogP contribution in [0.2, 0.25) is 0 Å². The van der Waals surface area contributed by atoms with Crippen LogP contribution in [0.15, 0.2) is 18.2 Å². The zero-order valence-corrected chi connectivity index (χ0v) is 7.79. The highest BCUT2D eigenvalue weighted by molar-refractivity contribution is 5.38. The zero-order chi connectivity index (χ0) is 9.26. The lowest BCUT2D eigenvalue weighted by molar-refractivity contribution is 0.167. The second-order valence-corrected chi connectivity index (χ2v) is 3.55. The number of fused-ring (bicyclic) bond motifs is 1. The molecule has 1 aromatic carbocycles. The van der Waals surface area contributed by atoms with Crippen LogP contribution in [0.4, 0.5) is 0 Å². The van der Waals surface area contributed by atoms with Crippen molar-refractivity contribution in [3.63, 3.8) is 0 Å². The highest BCUT2D eigenvalue weighted by atomic mass is 16.5. The van der Waals surface area contributed by atoms with E-state index in [2.05, 4.69) is 0 Å². The van der Waals surface area contributed by atoms with Crippen LogP contribution in [0.3, 0.4) is 0 Å². The first-order chi connectivity index (χ1) is 6.27. The van der Waals surface area contributed by atoms with E-state index in [1.807, 2.05) is 25.1 Å². The van der Waals surface area contributed by atoms with Crippen LogP contribution in [-0.2, 0) is 0 Å². The van der Waals surface area contributed by atoms with E-state index in [1.165, 1.54) is 5.56 Å². The molecule has 70 valence electrons. The third-order valence-corrected chi connectivity index (χ3v) is 2.40. The number of rotatable bonds is 0. The Kier molecular flexibility index (Phi) is 2.23. The first-order valence-electron chi connectivity index (χ1n) is 4.69. The molecule has 1 aliphatic heterocycles. The number of ether oxygens (including phenoxy) is 1. The fourth-order valence-corrected chi connectivity index (χ4v) is 1.67. The van der Waals surface area contributed by atoms with Crippen molar-refractivity contribution >= 4 is 0 Å². The second-order valence-electron chi connectivity index (χ2n) is 3.55. The van der Waals surface area contributed by atoms with E-state index < -0.39 is 0 Å². The third-order valence-electron chi connectivity index (χ3n) is 2.40. The van der Waals surface area contributed by atoms with Crippen molar-refractivity contribution in [3.05, 3.63) is 29.3 Å². The Morgan fingerprint density at radius 2 is 2.31 bits per heavy atom. The zero-order valence-electron chi connectivity index (χ0n) is 7.79. The van der Waals surface area contributed by atoms with Gasteiger partial charge in [0.05, 0.1) is 12.7 Å². The summed E-state index contributed by atoms with van der Waals surface area (Å²) < 4.78 is 5.51. The predicted octanol–water partition coefficient (Wildman–Crippen LogP) is 2.20. The Morgan fingerprint density at radius 1 is 1.46 bits per heavy atom. The summed E-state index contributed by atoms with van der Waals surface area (Å²) >= 11 is 0. The maximum Gasteiger partial charge on any atom is 0.125 e. The van der Waals surface area contributed by atoms with Gasteiger partial charge in [-0.2, -0.15) is 0 Å². The molecule has 2 nitrogen and oxygen atoms in total. The Labute approximate surface area is 78.2 Å². The molecule has 0 spiro atoms. The molecule has 0 fully saturated rings. The third kappa shape index (κ3) is 1.68. The van der Waals surface area contributed by atoms with Crippen LogP contribution >= 0.6 is 0 Å². The number of aliphatic hydroxyl groups excluding tert-OH is 1. The number of aryl methyl sites for hydroxylation is 1. The SMILES string of the molecule is Cc1ccc2c(c1)C(O)CCCO2. The lowest BCUT2D eigenvalue weighted by Gasteiger charge is -2.11. The maximum absolute atomic E-state index is 9.79. The summed E-state index contributed by atoms with van der Waals surface area (Å²) in [5, 5.41) is 9.79. The second kappa shape index (κ2) is 3.38. The molecule has 2 heteroatoms. The van der Waals surface area contributed by atoms with Crippen LogP contribution in [0.25, 0.3) is 0 Å². The summed E-state index contributed by atoms with van der Waals surface area (Å²) in [5.41, 5.74) is 2.11. The van der Waals surface area contributed by atoms with Gasteiger partial charge in [-0.25, -0.2) is 0 Å². The fraction of sp³-hybridized carbons (Fsp3) is 0.455. The number of hydrogen-bond donors (Lipinski definition) is 1. The minimum atomic E-state index is -0.350. The topological polar surface area (TPSA) is 29.5 Å². The molecule has 2 rings (SSSR count). The molecule has 1 atom stereocenters. The standard InChI is InChI=1S/C11H14O2/c1-8-4-5-11-9(7-8)10(12)3-2-6-13-11/h4-5,7,10,12H,2-3,6H2,1H3. The molecule has 1 heterocycles. The predicted molar refractivity (Wildman–Crippen MR) is 50.9 cm³/mol. The van der Waals surface area contributed by atoms with Gasteiger partial charge >= 0.3 is 0 Å². The number of hydrogen-bond acceptors (Lipinski definition) is 2. The van der Waals surface area contributed by atoms with Gasteiger partial charge in [-0.1, -0.05) is 11.6 Å². The maximum atomic E-state index is 9.79. The molecular weight excluding hydrogens is 164 g/mol. The molecule has 1 unspecified atom stereocenters. The highest BCUT2D eigenvalue weighted by Crippen LogP contribution is 2.31. The number of benzene rings is 1. The molecule has 0 aromatic heterocycles. The molecule has 0 aliphatic carbocycles. The monoisotopic (exact) mass is 178 g/mol. The lowest BCUT2D eigenvalue weighted by atomic mass is 10.0. The molecular formula is C11H14O2. The van der Waals surface area contributed by atoms with E-state index in [0.717, 1.165) is 24.2 Å². The first-order valence-corrected chi connectivity index (χ1v) is 4.69. The van der Waals surface area contributed by atoms with Crippen molar-refractivity contribution in [2.45, 2.75) is 25.9 Å². The first kappa shape index (κ1) is 8.57. The average molecular weight is 178 g/mol. The Bertz CT molecular complexity index is 307. The van der Waals surface area contributed by atoms with E-state index in [-0.39, 0.29) is 6.10 Å². The molecule has 1 aliphatic rings. The molecule has 13 heavy (non-hydrogen) atoms. The van der Waals surface area contributed by atoms with E-state index in [1.54, 1.807) is 0 Å². The van der Waals surface area contributed by atoms with Gasteiger partial charge in [-0.15, -0.1) is 0 Å². The van der Waals surface area contributed by atoms with Crippen LogP contribution in [0, 0.1) is 6.92 Å². The van der Waals surface area contributed by atoms with Crippen molar-refractivity contribution in [2.24, 2.45) is 0 Å². The van der Waals surface area contributed by atoms with Gasteiger partial charge in [-0.3, -0.25) is 0 Å². The van der Waals surface area contributed by atoms with Crippen molar-refractivity contribution in [1.29, 1.82) is 0 Å². The smallest absolute Gasteiger partial charge is 0.125 e. The van der Waals surface area contributed by atoms with Crippen LogP contribution in [0.1, 0.15) is 30.1 Å². The molecule has 0 bridgehead atoms. The van der Waals surface area contributed by atoms with E-state index >= 15 is 0 Å². The van der Waals surface area contributed by atoms with Gasteiger partial charge in [-0.05, 0) is 31.9 Å². The van der Waals surface area contributed by atoms with Crippen molar-refractivity contribution in [1.82, 2.24) is 0 Å². The molecule has 1 N–H and O–H groups in total. The van der Waals surface area contributed by atoms with Gasteiger partial charge in [0.25, 0.3) is 0 Å². The summed E-state index contributed by atoms with van der Waals surface area (Å²) in [6.07, 6.45) is 1.38. The largest absolute Gasteiger partial charge is 0.493 e. The minimum Gasteiger partial charge on any atom is -0.493 e. The summed E-state index contributed by atoms with van der Waals surface area (Å²) in [6, 6.07) is 5.96. The summed E-state index contributed by atoms with van der Waals surface area (Å²) in [4.78, 5) is 0. The van der Waals surface area contributed by atoms with Crippen molar-refractivity contribution in [3.8, 4) is 5.75 Å². The van der Waals surface area contributed by atoms with Gasteiger partial charge in [0.2, 0.25) is 0 Å². The molecule has 0 saturated heterocycles. The van der Waals surface area contributed by atoms with Crippen molar-refractivity contribution < 1.29 is 9.84 Å². The van der Waals surface area contributed by atoms with E-state index in [4.69, 9.17) is 4.74 Å². The van der Waals surface area contributed by atoms with Gasteiger partial charge < -0.3 is 9.84 Å². The number of aliphatic hydroxyl groups is 1. The summed E-state index contributed by atoms with van der Waals surface area (Å²) in [7, 11) is 0. The Hall–Kier alpha value is -1.02. The normalized spacial score (nSPS) is 21.5. The Balaban J connectivity index is 2.43. The van der Waals surface area contributed by atoms with E-state index in [0.29, 0.717) is 6.61 Å². The average Bonchev–Trinajstić information content (AvgIpc) is 2.29. The molecule has 0 radical (unpaired) electrons. The van der Waals surface area contributed by atoms with Gasteiger partial charge in [0.15, 0.2) is 0 Å². The minimum absolute atomic E-state index is 0.350. The van der Waals surface area contributed by atoms with Crippen molar-refractivity contribution in [2.75, 3.05) is 6.61 Å². The highest BCUT2D eigenvalue weighted by Gasteiger charge is 2.16. The van der Waals surface area contributed by atoms with Gasteiger partial charge in [0, 0.05) is 5.56 Å². The molecule has 0 amide bonds. The van der Waals surface area contributed by atoms with Crippen LogP contribution < -0.4 is 4.74 Å². The Morgan fingerprint density at radius 3 is 3.15 bits per heavy atom. The lowest BCUT2D eigenvalue weighted by Crippen LogP contribution is -1.96. The van der Waals surface area contributed by atoms with Crippen LogP contribution in [0.5, 0.6) is 5.75 Å².